The quantitative estimate of drug-likeness (QED) is 0.817. The standard InChI is InChI=1S/C17H34N2/c1-14(2)16-8-7-9-17(12-16)18-15(3)13-19-10-5-4-6-11-19/h14-18H,4-13H2,1-3H3. The molecule has 2 rings (SSSR count). The largest absolute Gasteiger partial charge is 0.310 e. The second-order valence-corrected chi connectivity index (χ2v) is 7.30. The van der Waals surface area contributed by atoms with Crippen molar-refractivity contribution in [3.05, 3.63) is 0 Å². The maximum atomic E-state index is 3.91. The highest BCUT2D eigenvalue weighted by Gasteiger charge is 2.25. The van der Waals surface area contributed by atoms with Crippen LogP contribution in [0.1, 0.15) is 65.7 Å². The predicted molar refractivity (Wildman–Crippen MR) is 83.5 cm³/mol. The van der Waals surface area contributed by atoms with Gasteiger partial charge in [-0.15, -0.1) is 0 Å². The van der Waals surface area contributed by atoms with Crippen molar-refractivity contribution in [1.82, 2.24) is 10.2 Å². The Bertz CT molecular complexity index is 246. The number of hydrogen-bond donors (Lipinski definition) is 1. The number of rotatable bonds is 5. The van der Waals surface area contributed by atoms with E-state index >= 15 is 0 Å². The first-order valence-electron chi connectivity index (χ1n) is 8.63. The van der Waals surface area contributed by atoms with Crippen LogP contribution < -0.4 is 5.32 Å². The zero-order chi connectivity index (χ0) is 13.7. The van der Waals surface area contributed by atoms with Gasteiger partial charge in [0.1, 0.15) is 0 Å². The summed E-state index contributed by atoms with van der Waals surface area (Å²) in [5.74, 6) is 1.82. The average Bonchev–Trinajstić information content (AvgIpc) is 2.40. The Labute approximate surface area is 120 Å². The Morgan fingerprint density at radius 1 is 1.00 bits per heavy atom. The third kappa shape index (κ3) is 5.07. The Balaban J connectivity index is 1.70. The van der Waals surface area contributed by atoms with Crippen molar-refractivity contribution < 1.29 is 0 Å². The van der Waals surface area contributed by atoms with Gasteiger partial charge in [0.2, 0.25) is 0 Å². The molecular formula is C17H34N2. The van der Waals surface area contributed by atoms with Gasteiger partial charge in [-0.1, -0.05) is 33.1 Å². The zero-order valence-electron chi connectivity index (χ0n) is 13.3. The van der Waals surface area contributed by atoms with E-state index in [4.69, 9.17) is 0 Å². The molecule has 0 aromatic carbocycles. The number of likely N-dealkylation sites (tertiary alicyclic amines) is 1. The average molecular weight is 266 g/mol. The second kappa shape index (κ2) is 7.64. The first-order valence-corrected chi connectivity index (χ1v) is 8.63. The van der Waals surface area contributed by atoms with E-state index in [0.29, 0.717) is 6.04 Å². The lowest BCUT2D eigenvalue weighted by Gasteiger charge is -2.36. The van der Waals surface area contributed by atoms with Crippen molar-refractivity contribution in [2.24, 2.45) is 11.8 Å². The molecule has 2 aliphatic rings. The van der Waals surface area contributed by atoms with Crippen molar-refractivity contribution >= 4 is 0 Å². The van der Waals surface area contributed by atoms with E-state index in [1.54, 1.807) is 0 Å². The molecule has 2 fully saturated rings. The maximum absolute atomic E-state index is 3.91. The monoisotopic (exact) mass is 266 g/mol. The van der Waals surface area contributed by atoms with E-state index in [1.165, 1.54) is 64.6 Å². The van der Waals surface area contributed by atoms with E-state index in [-0.39, 0.29) is 0 Å². The molecule has 1 heterocycles. The third-order valence-electron chi connectivity index (χ3n) is 5.16. The lowest BCUT2D eigenvalue weighted by atomic mass is 9.79. The summed E-state index contributed by atoms with van der Waals surface area (Å²) in [7, 11) is 0. The summed E-state index contributed by atoms with van der Waals surface area (Å²) in [4.78, 5) is 2.66. The van der Waals surface area contributed by atoms with Crippen LogP contribution in [-0.4, -0.2) is 36.6 Å². The number of hydrogen-bond acceptors (Lipinski definition) is 2. The highest BCUT2D eigenvalue weighted by atomic mass is 15.2. The Morgan fingerprint density at radius 2 is 1.74 bits per heavy atom. The van der Waals surface area contributed by atoms with Crippen LogP contribution in [0, 0.1) is 11.8 Å². The van der Waals surface area contributed by atoms with E-state index in [2.05, 4.69) is 31.0 Å². The molecular weight excluding hydrogens is 232 g/mol. The second-order valence-electron chi connectivity index (χ2n) is 7.30. The van der Waals surface area contributed by atoms with E-state index < -0.39 is 0 Å². The van der Waals surface area contributed by atoms with Gasteiger partial charge in [0, 0.05) is 18.6 Å². The summed E-state index contributed by atoms with van der Waals surface area (Å²) in [5, 5.41) is 3.91. The van der Waals surface area contributed by atoms with Gasteiger partial charge >= 0.3 is 0 Å². The molecule has 3 atom stereocenters. The van der Waals surface area contributed by atoms with E-state index in [0.717, 1.165) is 17.9 Å². The Kier molecular flexibility index (Phi) is 6.15. The molecule has 112 valence electrons. The van der Waals surface area contributed by atoms with Crippen molar-refractivity contribution in [2.45, 2.75) is 77.8 Å². The molecule has 0 aromatic heterocycles. The topological polar surface area (TPSA) is 15.3 Å². The van der Waals surface area contributed by atoms with Crippen LogP contribution in [0.3, 0.4) is 0 Å². The van der Waals surface area contributed by atoms with Gasteiger partial charge in [-0.05, 0) is 57.5 Å². The molecule has 0 amide bonds. The Morgan fingerprint density at radius 3 is 2.42 bits per heavy atom. The van der Waals surface area contributed by atoms with Crippen LogP contribution in [0.2, 0.25) is 0 Å². The minimum Gasteiger partial charge on any atom is -0.310 e. The van der Waals surface area contributed by atoms with E-state index in [1.807, 2.05) is 0 Å². The van der Waals surface area contributed by atoms with Gasteiger partial charge in [-0.25, -0.2) is 0 Å². The van der Waals surface area contributed by atoms with Crippen LogP contribution in [0.4, 0.5) is 0 Å². The van der Waals surface area contributed by atoms with Gasteiger partial charge in [-0.3, -0.25) is 0 Å². The molecule has 2 heteroatoms. The third-order valence-corrected chi connectivity index (χ3v) is 5.16. The summed E-state index contributed by atoms with van der Waals surface area (Å²) in [6.45, 7) is 11.1. The van der Waals surface area contributed by atoms with Crippen LogP contribution in [0.15, 0.2) is 0 Å². The van der Waals surface area contributed by atoms with E-state index in [9.17, 15) is 0 Å². The highest BCUT2D eigenvalue weighted by molar-refractivity contribution is 4.82. The van der Waals surface area contributed by atoms with Gasteiger partial charge < -0.3 is 10.2 Å². The number of nitrogens with zero attached hydrogens (tertiary/aromatic N) is 1. The van der Waals surface area contributed by atoms with Crippen molar-refractivity contribution in [1.29, 1.82) is 0 Å². The smallest absolute Gasteiger partial charge is 0.0169 e. The fourth-order valence-corrected chi connectivity index (χ4v) is 3.97. The molecule has 0 aromatic rings. The fourth-order valence-electron chi connectivity index (χ4n) is 3.97. The first-order chi connectivity index (χ1) is 9.15. The molecule has 19 heavy (non-hydrogen) atoms. The molecule has 1 aliphatic carbocycles. The highest BCUT2D eigenvalue weighted by Crippen LogP contribution is 2.30. The SMILES string of the molecule is CC(CN1CCCCC1)NC1CCCC(C(C)C)C1. The predicted octanol–water partition coefficient (Wildman–Crippen LogP) is 3.67. The molecule has 1 N–H and O–H groups in total. The number of nitrogens with one attached hydrogen (secondary N) is 1. The molecule has 3 unspecified atom stereocenters. The summed E-state index contributed by atoms with van der Waals surface area (Å²) < 4.78 is 0. The molecule has 0 spiro atoms. The molecule has 0 radical (unpaired) electrons. The minimum absolute atomic E-state index is 0.661. The molecule has 2 nitrogen and oxygen atoms in total. The lowest BCUT2D eigenvalue weighted by Crippen LogP contribution is -2.46. The van der Waals surface area contributed by atoms with Crippen molar-refractivity contribution in [3.63, 3.8) is 0 Å². The summed E-state index contributed by atoms with van der Waals surface area (Å²) in [6, 6.07) is 1.44. The van der Waals surface area contributed by atoms with Crippen molar-refractivity contribution in [2.75, 3.05) is 19.6 Å². The summed E-state index contributed by atoms with van der Waals surface area (Å²) in [6.07, 6.45) is 9.94. The molecule has 1 saturated heterocycles. The van der Waals surface area contributed by atoms with Gasteiger partial charge in [0.05, 0.1) is 0 Å². The zero-order valence-corrected chi connectivity index (χ0v) is 13.3. The number of piperidine rings is 1. The fraction of sp³-hybridized carbons (Fsp3) is 1.00. The lowest BCUT2D eigenvalue weighted by molar-refractivity contribution is 0.182. The van der Waals surface area contributed by atoms with Crippen LogP contribution in [0.25, 0.3) is 0 Å². The van der Waals surface area contributed by atoms with Crippen LogP contribution >= 0.6 is 0 Å². The molecule has 1 aliphatic heterocycles. The van der Waals surface area contributed by atoms with Crippen molar-refractivity contribution in [3.8, 4) is 0 Å². The molecule has 0 bridgehead atoms. The minimum atomic E-state index is 0.661. The van der Waals surface area contributed by atoms with Crippen LogP contribution in [0.5, 0.6) is 0 Å². The first kappa shape index (κ1) is 15.3. The summed E-state index contributed by atoms with van der Waals surface area (Å²) >= 11 is 0. The maximum Gasteiger partial charge on any atom is 0.0169 e. The van der Waals surface area contributed by atoms with Crippen LogP contribution in [-0.2, 0) is 0 Å². The Hall–Kier alpha value is -0.0800. The normalized spacial score (nSPS) is 31.6. The van der Waals surface area contributed by atoms with Gasteiger partial charge in [0.25, 0.3) is 0 Å². The summed E-state index contributed by atoms with van der Waals surface area (Å²) in [5.41, 5.74) is 0. The van der Waals surface area contributed by atoms with Gasteiger partial charge in [-0.2, -0.15) is 0 Å². The van der Waals surface area contributed by atoms with Gasteiger partial charge in [0.15, 0.2) is 0 Å². The molecule has 1 saturated carbocycles.